The maximum atomic E-state index is 12.6. The predicted molar refractivity (Wildman–Crippen MR) is 49.6 cm³/mol. The van der Waals surface area contributed by atoms with Gasteiger partial charge >= 0.3 is 5.82 Å². The number of aromatic nitrogens is 1. The molecule has 0 spiro atoms. The quantitative estimate of drug-likeness (QED) is 0.624. The number of anilines is 1. The van der Waals surface area contributed by atoms with Crippen LogP contribution in [0.1, 0.15) is 17.6 Å². The minimum Gasteiger partial charge on any atom is -0.398 e. The lowest BCUT2D eigenvalue weighted by Gasteiger charge is -2.07. The summed E-state index contributed by atoms with van der Waals surface area (Å²) in [6.45, 7) is 0. The van der Waals surface area contributed by atoms with Crippen LogP contribution in [0.3, 0.4) is 0 Å². The zero-order valence-corrected chi connectivity index (χ0v) is 7.85. The van der Waals surface area contributed by atoms with Gasteiger partial charge in [0.15, 0.2) is 0 Å². The van der Waals surface area contributed by atoms with E-state index in [1.807, 2.05) is 0 Å². The SMILES string of the molecule is N#CCc1cnc([N+](=O)[O-])c(C(F)F)c1N. The zero-order valence-electron chi connectivity index (χ0n) is 7.85. The van der Waals surface area contributed by atoms with Crippen LogP contribution in [-0.2, 0) is 6.42 Å². The Bertz CT molecular complexity index is 470. The van der Waals surface area contributed by atoms with Crippen LogP contribution in [0.25, 0.3) is 0 Å². The number of nitriles is 1. The number of nitrogens with two attached hydrogens (primary N) is 1. The minimum absolute atomic E-state index is 0.0587. The summed E-state index contributed by atoms with van der Waals surface area (Å²) in [7, 11) is 0. The first-order valence-electron chi connectivity index (χ1n) is 4.05. The number of nitro groups is 1. The number of nitrogens with zero attached hydrogens (tertiary/aromatic N) is 3. The molecule has 0 amide bonds. The molecular formula is C8H6F2N4O2. The third-order valence-corrected chi connectivity index (χ3v) is 1.88. The van der Waals surface area contributed by atoms with E-state index in [0.29, 0.717) is 0 Å². The Morgan fingerprint density at radius 2 is 2.31 bits per heavy atom. The highest BCUT2D eigenvalue weighted by atomic mass is 19.3. The summed E-state index contributed by atoms with van der Waals surface area (Å²) in [4.78, 5) is 12.7. The number of alkyl halides is 2. The zero-order chi connectivity index (χ0) is 12.3. The van der Waals surface area contributed by atoms with E-state index in [1.54, 1.807) is 6.07 Å². The van der Waals surface area contributed by atoms with E-state index in [2.05, 4.69) is 4.98 Å². The standard InChI is InChI=1S/C8H6F2N4O2/c9-7(10)5-6(12)4(1-2-11)3-13-8(5)14(15)16/h3,7H,1H2,(H2,12,13). The molecule has 84 valence electrons. The van der Waals surface area contributed by atoms with Crippen LogP contribution < -0.4 is 5.73 Å². The van der Waals surface area contributed by atoms with E-state index >= 15 is 0 Å². The van der Waals surface area contributed by atoms with E-state index in [9.17, 15) is 18.9 Å². The van der Waals surface area contributed by atoms with E-state index < -0.39 is 28.4 Å². The predicted octanol–water partition coefficient (Wildman–Crippen LogP) is 1.58. The van der Waals surface area contributed by atoms with Crippen LogP contribution in [0.2, 0.25) is 0 Å². The van der Waals surface area contributed by atoms with Gasteiger partial charge in [0, 0.05) is 5.56 Å². The van der Waals surface area contributed by atoms with Crippen molar-refractivity contribution in [1.29, 1.82) is 5.26 Å². The topological polar surface area (TPSA) is 106 Å². The summed E-state index contributed by atoms with van der Waals surface area (Å²) in [5.74, 6) is -0.978. The molecule has 6 nitrogen and oxygen atoms in total. The number of hydrogen-bond donors (Lipinski definition) is 1. The van der Waals surface area contributed by atoms with Crippen LogP contribution in [0.4, 0.5) is 20.3 Å². The molecule has 0 aliphatic rings. The Morgan fingerprint density at radius 1 is 1.69 bits per heavy atom. The highest BCUT2D eigenvalue weighted by Gasteiger charge is 2.28. The molecule has 0 fully saturated rings. The van der Waals surface area contributed by atoms with Gasteiger partial charge in [-0.3, -0.25) is 0 Å². The fourth-order valence-corrected chi connectivity index (χ4v) is 1.16. The molecule has 0 atom stereocenters. The average molecular weight is 228 g/mol. The summed E-state index contributed by atoms with van der Waals surface area (Å²) in [6, 6.07) is 1.70. The molecule has 2 N–H and O–H groups in total. The molecule has 16 heavy (non-hydrogen) atoms. The van der Waals surface area contributed by atoms with Gasteiger partial charge in [0.1, 0.15) is 11.8 Å². The van der Waals surface area contributed by atoms with Crippen LogP contribution in [0, 0.1) is 21.4 Å². The van der Waals surface area contributed by atoms with Gasteiger partial charge in [-0.1, -0.05) is 0 Å². The second kappa shape index (κ2) is 4.48. The van der Waals surface area contributed by atoms with Crippen molar-refractivity contribution in [2.24, 2.45) is 0 Å². The summed E-state index contributed by atoms with van der Waals surface area (Å²) in [5, 5.41) is 18.8. The first-order valence-corrected chi connectivity index (χ1v) is 4.05. The van der Waals surface area contributed by atoms with Gasteiger partial charge in [0.25, 0.3) is 6.43 Å². The number of nitrogen functional groups attached to an aromatic ring is 1. The molecule has 0 unspecified atom stereocenters. The smallest absolute Gasteiger partial charge is 0.374 e. The summed E-state index contributed by atoms with van der Waals surface area (Å²) in [6.07, 6.45) is -2.37. The minimum atomic E-state index is -3.11. The lowest BCUT2D eigenvalue weighted by atomic mass is 10.1. The van der Waals surface area contributed by atoms with Crippen molar-refractivity contribution in [3.63, 3.8) is 0 Å². The molecule has 8 heteroatoms. The molecule has 0 saturated carbocycles. The molecule has 0 aromatic carbocycles. The number of halogens is 2. The van der Waals surface area contributed by atoms with Gasteiger partial charge in [-0.2, -0.15) is 5.26 Å². The molecule has 0 bridgehead atoms. The van der Waals surface area contributed by atoms with Gasteiger partial charge in [0.05, 0.1) is 18.2 Å². The lowest BCUT2D eigenvalue weighted by molar-refractivity contribution is -0.391. The van der Waals surface area contributed by atoms with Crippen molar-refractivity contribution in [1.82, 2.24) is 4.98 Å². The largest absolute Gasteiger partial charge is 0.398 e. The Hall–Kier alpha value is -2.30. The molecule has 1 aromatic rings. The fraction of sp³-hybridized carbons (Fsp3) is 0.250. The summed E-state index contributed by atoms with van der Waals surface area (Å²) in [5.41, 5.74) is 4.01. The van der Waals surface area contributed by atoms with E-state index in [4.69, 9.17) is 11.0 Å². The van der Waals surface area contributed by atoms with Crippen molar-refractivity contribution in [3.8, 4) is 6.07 Å². The molecule has 0 aliphatic carbocycles. The van der Waals surface area contributed by atoms with Gasteiger partial charge in [-0.15, -0.1) is 0 Å². The molecule has 1 heterocycles. The Morgan fingerprint density at radius 3 is 2.75 bits per heavy atom. The Labute approximate surface area is 88.5 Å². The highest BCUT2D eigenvalue weighted by molar-refractivity contribution is 5.60. The third-order valence-electron chi connectivity index (χ3n) is 1.88. The molecule has 1 aromatic heterocycles. The van der Waals surface area contributed by atoms with Gasteiger partial charge in [-0.05, 0) is 9.91 Å². The van der Waals surface area contributed by atoms with Crippen molar-refractivity contribution in [3.05, 3.63) is 27.4 Å². The maximum absolute atomic E-state index is 12.6. The molecule has 1 rings (SSSR count). The van der Waals surface area contributed by atoms with Gasteiger partial charge in [0.2, 0.25) is 0 Å². The summed E-state index contributed by atoms with van der Waals surface area (Å²) < 4.78 is 25.1. The third kappa shape index (κ3) is 2.03. The van der Waals surface area contributed by atoms with Crippen LogP contribution >= 0.6 is 0 Å². The highest BCUT2D eigenvalue weighted by Crippen LogP contribution is 2.34. The second-order valence-corrected chi connectivity index (χ2v) is 2.83. The van der Waals surface area contributed by atoms with Crippen molar-refractivity contribution >= 4 is 11.5 Å². The van der Waals surface area contributed by atoms with E-state index in [-0.39, 0.29) is 12.0 Å². The number of hydrogen-bond acceptors (Lipinski definition) is 5. The lowest BCUT2D eigenvalue weighted by Crippen LogP contribution is -2.06. The van der Waals surface area contributed by atoms with E-state index in [1.165, 1.54) is 0 Å². The number of rotatable bonds is 3. The van der Waals surface area contributed by atoms with Crippen molar-refractivity contribution in [2.75, 3.05) is 5.73 Å². The van der Waals surface area contributed by atoms with Crippen LogP contribution in [0.5, 0.6) is 0 Å². The van der Waals surface area contributed by atoms with Gasteiger partial charge in [-0.25, -0.2) is 8.78 Å². The Balaban J connectivity index is 3.43. The molecule has 0 saturated heterocycles. The fourth-order valence-electron chi connectivity index (χ4n) is 1.16. The van der Waals surface area contributed by atoms with Crippen molar-refractivity contribution in [2.45, 2.75) is 12.8 Å². The van der Waals surface area contributed by atoms with E-state index in [0.717, 1.165) is 6.20 Å². The molecule has 0 radical (unpaired) electrons. The second-order valence-electron chi connectivity index (χ2n) is 2.83. The van der Waals surface area contributed by atoms with Crippen LogP contribution in [0.15, 0.2) is 6.20 Å². The maximum Gasteiger partial charge on any atom is 0.374 e. The number of pyridine rings is 1. The first-order chi connectivity index (χ1) is 7.49. The average Bonchev–Trinajstić information content (AvgIpc) is 2.20. The normalized spacial score (nSPS) is 10.1. The first kappa shape index (κ1) is 11.8. The summed E-state index contributed by atoms with van der Waals surface area (Å²) >= 11 is 0. The van der Waals surface area contributed by atoms with Gasteiger partial charge < -0.3 is 15.8 Å². The monoisotopic (exact) mass is 228 g/mol. The molecule has 0 aliphatic heterocycles. The molecular weight excluding hydrogens is 222 g/mol. The van der Waals surface area contributed by atoms with Crippen LogP contribution in [-0.4, -0.2) is 9.91 Å². The Kier molecular flexibility index (Phi) is 3.30. The van der Waals surface area contributed by atoms with Crippen molar-refractivity contribution < 1.29 is 13.7 Å².